The molecule has 0 bridgehead atoms. The van der Waals surface area contributed by atoms with Crippen LogP contribution in [0.25, 0.3) is 0 Å². The maximum atomic E-state index is 5.83. The number of benzene rings is 1. The summed E-state index contributed by atoms with van der Waals surface area (Å²) < 4.78 is 1.19. The zero-order valence-corrected chi connectivity index (χ0v) is 8.40. The van der Waals surface area contributed by atoms with Gasteiger partial charge in [-0.25, -0.2) is 0 Å². The number of halogens is 2. The second kappa shape index (κ2) is 3.44. The van der Waals surface area contributed by atoms with Gasteiger partial charge in [-0.15, -0.1) is 0 Å². The van der Waals surface area contributed by atoms with Gasteiger partial charge in [-0.1, -0.05) is 11.6 Å². The number of nitrogens with one attached hydrogen (secondary N) is 1. The third-order valence-corrected chi connectivity index (χ3v) is 2.20. The summed E-state index contributed by atoms with van der Waals surface area (Å²) in [6.07, 6.45) is 0. The summed E-state index contributed by atoms with van der Waals surface area (Å²) in [5.41, 5.74) is 0.980. The van der Waals surface area contributed by atoms with E-state index in [1.165, 1.54) is 3.57 Å². The molecule has 3 heteroatoms. The van der Waals surface area contributed by atoms with Crippen LogP contribution in [0.3, 0.4) is 0 Å². The fourth-order valence-corrected chi connectivity index (χ4v) is 1.39. The molecule has 0 unspecified atom stereocenters. The van der Waals surface area contributed by atoms with E-state index < -0.39 is 0 Å². The lowest BCUT2D eigenvalue weighted by atomic mass is 10.3. The molecular weight excluding hydrogens is 260 g/mol. The van der Waals surface area contributed by atoms with Crippen LogP contribution in [-0.4, -0.2) is 7.05 Å². The third kappa shape index (κ3) is 1.76. The molecule has 0 heterocycles. The van der Waals surface area contributed by atoms with Crippen LogP contribution in [0.1, 0.15) is 0 Å². The zero-order valence-electron chi connectivity index (χ0n) is 5.49. The van der Waals surface area contributed by atoms with Gasteiger partial charge in [0.1, 0.15) is 0 Å². The molecule has 0 spiro atoms. The summed E-state index contributed by atoms with van der Waals surface area (Å²) in [5, 5.41) is 3.77. The van der Waals surface area contributed by atoms with Gasteiger partial charge in [-0.2, -0.15) is 0 Å². The molecule has 1 N–H and O–H groups in total. The number of rotatable bonds is 1. The van der Waals surface area contributed by atoms with Crippen molar-refractivity contribution in [2.24, 2.45) is 0 Å². The molecular formula is C7H7ClIN. The van der Waals surface area contributed by atoms with Crippen molar-refractivity contribution >= 4 is 39.9 Å². The summed E-state index contributed by atoms with van der Waals surface area (Å²) in [6.45, 7) is 0. The molecule has 1 rings (SSSR count). The van der Waals surface area contributed by atoms with E-state index in [4.69, 9.17) is 11.6 Å². The summed E-state index contributed by atoms with van der Waals surface area (Å²) in [7, 11) is 1.86. The molecule has 1 aromatic rings. The van der Waals surface area contributed by atoms with E-state index >= 15 is 0 Å². The fourth-order valence-electron chi connectivity index (χ4n) is 0.689. The van der Waals surface area contributed by atoms with Crippen LogP contribution in [0.4, 0.5) is 5.69 Å². The molecule has 54 valence electrons. The van der Waals surface area contributed by atoms with Crippen molar-refractivity contribution in [2.75, 3.05) is 12.4 Å². The van der Waals surface area contributed by atoms with E-state index in [9.17, 15) is 0 Å². The van der Waals surface area contributed by atoms with E-state index in [2.05, 4.69) is 27.9 Å². The molecule has 0 fully saturated rings. The van der Waals surface area contributed by atoms with Crippen LogP contribution in [0, 0.1) is 3.57 Å². The Kier molecular flexibility index (Phi) is 2.80. The van der Waals surface area contributed by atoms with E-state index in [0.717, 1.165) is 10.7 Å². The van der Waals surface area contributed by atoms with E-state index in [1.807, 2.05) is 25.2 Å². The highest BCUT2D eigenvalue weighted by Gasteiger charge is 1.96. The smallest absolute Gasteiger partial charge is 0.0638 e. The maximum Gasteiger partial charge on any atom is 0.0638 e. The van der Waals surface area contributed by atoms with Crippen LogP contribution in [-0.2, 0) is 0 Å². The summed E-state index contributed by atoms with van der Waals surface area (Å²) >= 11 is 8.08. The highest BCUT2D eigenvalue weighted by molar-refractivity contribution is 14.1. The van der Waals surface area contributed by atoms with Crippen molar-refractivity contribution in [1.82, 2.24) is 0 Å². The lowest BCUT2D eigenvalue weighted by molar-refractivity contribution is 1.50. The predicted molar refractivity (Wildman–Crippen MR) is 53.7 cm³/mol. The van der Waals surface area contributed by atoms with Gasteiger partial charge in [-0.3, -0.25) is 0 Å². The fraction of sp³-hybridized carbons (Fsp3) is 0.143. The van der Waals surface area contributed by atoms with Gasteiger partial charge in [0.15, 0.2) is 0 Å². The standard InChI is InChI=1S/C7H7ClIN/c1-10-7-4-5(9)2-3-6(7)8/h2-4,10H,1H3. The van der Waals surface area contributed by atoms with Crippen LogP contribution in [0.2, 0.25) is 5.02 Å². The van der Waals surface area contributed by atoms with Crippen LogP contribution >= 0.6 is 34.2 Å². The monoisotopic (exact) mass is 267 g/mol. The van der Waals surface area contributed by atoms with Crippen molar-refractivity contribution in [3.8, 4) is 0 Å². The van der Waals surface area contributed by atoms with Gasteiger partial charge in [-0.05, 0) is 40.8 Å². The SMILES string of the molecule is CNc1cc(I)ccc1Cl. The first-order valence-electron chi connectivity index (χ1n) is 2.87. The Morgan fingerprint density at radius 1 is 1.50 bits per heavy atom. The average molecular weight is 267 g/mol. The first-order valence-corrected chi connectivity index (χ1v) is 4.32. The molecule has 10 heavy (non-hydrogen) atoms. The van der Waals surface area contributed by atoms with Crippen molar-refractivity contribution < 1.29 is 0 Å². The molecule has 0 aliphatic carbocycles. The highest BCUT2D eigenvalue weighted by atomic mass is 127. The van der Waals surface area contributed by atoms with E-state index in [0.29, 0.717) is 0 Å². The molecule has 0 aromatic heterocycles. The molecule has 1 nitrogen and oxygen atoms in total. The second-order valence-corrected chi connectivity index (χ2v) is 3.53. The molecule has 0 radical (unpaired) electrons. The van der Waals surface area contributed by atoms with Crippen molar-refractivity contribution in [1.29, 1.82) is 0 Å². The van der Waals surface area contributed by atoms with E-state index in [-0.39, 0.29) is 0 Å². The zero-order chi connectivity index (χ0) is 7.56. The Hall–Kier alpha value is 0.0400. The number of hydrogen-bond donors (Lipinski definition) is 1. The molecule has 0 aliphatic rings. The number of hydrogen-bond acceptors (Lipinski definition) is 1. The van der Waals surface area contributed by atoms with Crippen LogP contribution in [0.15, 0.2) is 18.2 Å². The lowest BCUT2D eigenvalue weighted by Gasteiger charge is -2.01. The molecule has 0 saturated heterocycles. The largest absolute Gasteiger partial charge is 0.387 e. The Morgan fingerprint density at radius 3 is 2.70 bits per heavy atom. The van der Waals surface area contributed by atoms with Gasteiger partial charge in [0, 0.05) is 10.6 Å². The van der Waals surface area contributed by atoms with Gasteiger partial charge in [0.25, 0.3) is 0 Å². The van der Waals surface area contributed by atoms with Crippen molar-refractivity contribution in [3.63, 3.8) is 0 Å². The normalized spacial score (nSPS) is 9.50. The van der Waals surface area contributed by atoms with Crippen LogP contribution in [0.5, 0.6) is 0 Å². The Labute approximate surface area is 78.9 Å². The number of anilines is 1. The van der Waals surface area contributed by atoms with Crippen LogP contribution < -0.4 is 5.32 Å². The predicted octanol–water partition coefficient (Wildman–Crippen LogP) is 2.99. The summed E-state index contributed by atoms with van der Waals surface area (Å²) in [5.74, 6) is 0. The summed E-state index contributed by atoms with van der Waals surface area (Å²) in [6, 6.07) is 5.86. The van der Waals surface area contributed by atoms with E-state index in [1.54, 1.807) is 0 Å². The maximum absolute atomic E-state index is 5.83. The molecule has 0 saturated carbocycles. The first kappa shape index (κ1) is 8.14. The van der Waals surface area contributed by atoms with Gasteiger partial charge in [0.05, 0.1) is 10.7 Å². The molecule has 0 amide bonds. The Morgan fingerprint density at radius 2 is 2.20 bits per heavy atom. The first-order chi connectivity index (χ1) is 4.74. The lowest BCUT2D eigenvalue weighted by Crippen LogP contribution is -1.88. The summed E-state index contributed by atoms with van der Waals surface area (Å²) in [4.78, 5) is 0. The topological polar surface area (TPSA) is 12.0 Å². The molecule has 0 atom stereocenters. The Balaban J connectivity index is 3.09. The van der Waals surface area contributed by atoms with Gasteiger partial charge < -0.3 is 5.32 Å². The highest BCUT2D eigenvalue weighted by Crippen LogP contribution is 2.22. The van der Waals surface area contributed by atoms with Crippen molar-refractivity contribution in [2.45, 2.75) is 0 Å². The average Bonchev–Trinajstić information content (AvgIpc) is 1.94. The minimum absolute atomic E-state index is 0.767. The van der Waals surface area contributed by atoms with Crippen molar-refractivity contribution in [3.05, 3.63) is 26.8 Å². The Bertz CT molecular complexity index is 237. The molecule has 1 aromatic carbocycles. The van der Waals surface area contributed by atoms with Gasteiger partial charge in [0.2, 0.25) is 0 Å². The molecule has 0 aliphatic heterocycles. The quantitative estimate of drug-likeness (QED) is 0.771. The van der Waals surface area contributed by atoms with Gasteiger partial charge >= 0.3 is 0 Å². The third-order valence-electron chi connectivity index (χ3n) is 1.20. The minimum Gasteiger partial charge on any atom is -0.387 e. The minimum atomic E-state index is 0.767. The second-order valence-electron chi connectivity index (χ2n) is 1.87.